The lowest BCUT2D eigenvalue weighted by atomic mass is 9.86. The van der Waals surface area contributed by atoms with Crippen molar-refractivity contribution in [2.45, 2.75) is 57.0 Å². The molecule has 0 aromatic carbocycles. The molecule has 1 aliphatic heterocycles. The second-order valence-electron chi connectivity index (χ2n) is 8.58. The Morgan fingerprint density at radius 2 is 2.11 bits per heavy atom. The SMILES string of the molecule is O=c1oc(CC2(Cc3ccsc3)CC2)cc(O)c1C1(CC2CC2)CC=CO1. The smallest absolute Gasteiger partial charge is 0.346 e. The van der Waals surface area contributed by atoms with Crippen molar-refractivity contribution in [1.82, 2.24) is 0 Å². The summed E-state index contributed by atoms with van der Waals surface area (Å²) in [6.45, 7) is 0. The van der Waals surface area contributed by atoms with E-state index in [2.05, 4.69) is 16.8 Å². The van der Waals surface area contributed by atoms with Gasteiger partial charge in [-0.2, -0.15) is 11.3 Å². The largest absolute Gasteiger partial charge is 0.507 e. The third-order valence-electron chi connectivity index (χ3n) is 6.26. The van der Waals surface area contributed by atoms with E-state index < -0.39 is 11.2 Å². The Morgan fingerprint density at radius 3 is 2.70 bits per heavy atom. The van der Waals surface area contributed by atoms with Gasteiger partial charge < -0.3 is 14.3 Å². The minimum Gasteiger partial charge on any atom is -0.507 e. The molecule has 0 saturated heterocycles. The minimum absolute atomic E-state index is 0.0249. The van der Waals surface area contributed by atoms with Gasteiger partial charge in [-0.05, 0) is 65.5 Å². The molecule has 2 aromatic rings. The number of hydrogen-bond acceptors (Lipinski definition) is 5. The summed E-state index contributed by atoms with van der Waals surface area (Å²) in [5.74, 6) is 1.18. The first-order chi connectivity index (χ1) is 13.1. The first-order valence-corrected chi connectivity index (χ1v) is 10.7. The molecule has 4 nitrogen and oxygen atoms in total. The molecule has 2 aliphatic carbocycles. The maximum Gasteiger partial charge on any atom is 0.346 e. The van der Waals surface area contributed by atoms with E-state index in [0.29, 0.717) is 30.1 Å². The topological polar surface area (TPSA) is 59.7 Å². The van der Waals surface area contributed by atoms with Gasteiger partial charge in [0.25, 0.3) is 0 Å². The third kappa shape index (κ3) is 3.33. The van der Waals surface area contributed by atoms with E-state index >= 15 is 0 Å². The summed E-state index contributed by atoms with van der Waals surface area (Å²) in [6.07, 6.45) is 11.2. The van der Waals surface area contributed by atoms with Crippen LogP contribution in [0.2, 0.25) is 0 Å². The molecule has 3 heterocycles. The highest BCUT2D eigenvalue weighted by Gasteiger charge is 2.46. The number of aromatic hydroxyl groups is 1. The van der Waals surface area contributed by atoms with Crippen LogP contribution in [0.5, 0.6) is 5.75 Å². The predicted octanol–water partition coefficient (Wildman–Crippen LogP) is 4.90. The minimum atomic E-state index is -0.752. The van der Waals surface area contributed by atoms with Crippen molar-refractivity contribution in [2.24, 2.45) is 11.3 Å². The van der Waals surface area contributed by atoms with Crippen molar-refractivity contribution in [3.8, 4) is 5.75 Å². The fourth-order valence-corrected chi connectivity index (χ4v) is 5.14. The van der Waals surface area contributed by atoms with E-state index in [0.717, 1.165) is 25.7 Å². The van der Waals surface area contributed by atoms with Crippen LogP contribution < -0.4 is 5.63 Å². The van der Waals surface area contributed by atoms with Crippen LogP contribution in [0, 0.1) is 11.3 Å². The molecule has 142 valence electrons. The van der Waals surface area contributed by atoms with Crippen molar-refractivity contribution in [3.63, 3.8) is 0 Å². The number of rotatable bonds is 7. The second kappa shape index (κ2) is 6.26. The molecule has 2 saturated carbocycles. The summed E-state index contributed by atoms with van der Waals surface area (Å²) >= 11 is 1.71. The number of hydrogen-bond donors (Lipinski definition) is 1. The Labute approximate surface area is 162 Å². The van der Waals surface area contributed by atoms with E-state index in [9.17, 15) is 9.90 Å². The van der Waals surface area contributed by atoms with Crippen LogP contribution in [0.4, 0.5) is 0 Å². The highest BCUT2D eigenvalue weighted by atomic mass is 32.1. The zero-order chi connectivity index (χ0) is 18.5. The number of ether oxygens (including phenoxy) is 1. The molecule has 1 N–H and O–H groups in total. The van der Waals surface area contributed by atoms with Crippen LogP contribution in [0.25, 0.3) is 0 Å². The van der Waals surface area contributed by atoms with Crippen LogP contribution in [-0.4, -0.2) is 5.11 Å². The highest BCUT2D eigenvalue weighted by Crippen LogP contribution is 2.52. The molecule has 0 spiro atoms. The normalized spacial score (nSPS) is 25.5. The van der Waals surface area contributed by atoms with Gasteiger partial charge in [0.1, 0.15) is 22.7 Å². The molecule has 27 heavy (non-hydrogen) atoms. The van der Waals surface area contributed by atoms with Gasteiger partial charge in [-0.3, -0.25) is 0 Å². The Kier molecular flexibility index (Phi) is 3.97. The molecule has 0 amide bonds. The molecule has 0 radical (unpaired) electrons. The summed E-state index contributed by atoms with van der Waals surface area (Å²) in [7, 11) is 0. The second-order valence-corrected chi connectivity index (χ2v) is 9.36. The predicted molar refractivity (Wildman–Crippen MR) is 104 cm³/mol. The summed E-state index contributed by atoms with van der Waals surface area (Å²) in [5.41, 5.74) is 0.612. The van der Waals surface area contributed by atoms with Gasteiger partial charge >= 0.3 is 5.63 Å². The Hall–Kier alpha value is -2.01. The average Bonchev–Trinajstić information content (AvgIpc) is 3.45. The van der Waals surface area contributed by atoms with Gasteiger partial charge in [-0.15, -0.1) is 0 Å². The quantitative estimate of drug-likeness (QED) is 0.737. The van der Waals surface area contributed by atoms with Crippen LogP contribution in [-0.2, 0) is 23.2 Å². The van der Waals surface area contributed by atoms with Gasteiger partial charge in [0.05, 0.1) is 6.26 Å². The highest BCUT2D eigenvalue weighted by molar-refractivity contribution is 7.07. The number of thiophene rings is 1. The monoisotopic (exact) mass is 384 g/mol. The molecule has 3 aliphatic rings. The zero-order valence-electron chi connectivity index (χ0n) is 15.3. The lowest BCUT2D eigenvalue weighted by Crippen LogP contribution is -2.32. The molecule has 5 heteroatoms. The maximum atomic E-state index is 12.8. The zero-order valence-corrected chi connectivity index (χ0v) is 16.1. The first kappa shape index (κ1) is 17.1. The third-order valence-corrected chi connectivity index (χ3v) is 6.99. The van der Waals surface area contributed by atoms with Gasteiger partial charge in [-0.1, -0.05) is 12.8 Å². The lowest BCUT2D eigenvalue weighted by Gasteiger charge is -2.29. The molecule has 2 aromatic heterocycles. The maximum absolute atomic E-state index is 12.8. The molecular formula is C22H24O4S. The Balaban J connectivity index is 1.41. The molecular weight excluding hydrogens is 360 g/mol. The summed E-state index contributed by atoms with van der Waals surface area (Å²) in [6, 6.07) is 3.81. The van der Waals surface area contributed by atoms with Crippen LogP contribution in [0.3, 0.4) is 0 Å². The van der Waals surface area contributed by atoms with Crippen LogP contribution >= 0.6 is 11.3 Å². The van der Waals surface area contributed by atoms with E-state index in [1.807, 2.05) is 6.08 Å². The van der Waals surface area contributed by atoms with E-state index in [1.165, 1.54) is 18.4 Å². The van der Waals surface area contributed by atoms with E-state index in [4.69, 9.17) is 9.15 Å². The molecule has 2 fully saturated rings. The van der Waals surface area contributed by atoms with Crippen molar-refractivity contribution in [1.29, 1.82) is 0 Å². The summed E-state index contributed by atoms with van der Waals surface area (Å²) in [4.78, 5) is 12.8. The van der Waals surface area contributed by atoms with Crippen LogP contribution in [0.15, 0.2) is 44.4 Å². The van der Waals surface area contributed by atoms with Gasteiger partial charge in [0.2, 0.25) is 0 Å². The van der Waals surface area contributed by atoms with Crippen molar-refractivity contribution in [2.75, 3.05) is 0 Å². The Bertz CT molecular complexity index is 908. The molecule has 5 rings (SSSR count). The van der Waals surface area contributed by atoms with E-state index in [-0.39, 0.29) is 11.2 Å². The Morgan fingerprint density at radius 1 is 1.26 bits per heavy atom. The first-order valence-electron chi connectivity index (χ1n) is 9.78. The lowest BCUT2D eigenvalue weighted by molar-refractivity contribution is 0.0210. The average molecular weight is 384 g/mol. The summed E-state index contributed by atoms with van der Waals surface area (Å²) in [5, 5.41) is 15.0. The van der Waals surface area contributed by atoms with Crippen molar-refractivity contribution < 1.29 is 14.3 Å². The fourth-order valence-electron chi connectivity index (χ4n) is 4.47. The molecule has 1 unspecified atom stereocenters. The molecule has 1 atom stereocenters. The van der Waals surface area contributed by atoms with Gasteiger partial charge in [0, 0.05) is 18.9 Å². The summed E-state index contributed by atoms with van der Waals surface area (Å²) < 4.78 is 11.6. The van der Waals surface area contributed by atoms with Crippen molar-refractivity contribution in [3.05, 3.63) is 62.5 Å². The fraction of sp³-hybridized carbons (Fsp3) is 0.500. The molecule has 0 bridgehead atoms. The van der Waals surface area contributed by atoms with Gasteiger partial charge in [0.15, 0.2) is 0 Å². The van der Waals surface area contributed by atoms with Crippen LogP contribution in [0.1, 0.15) is 55.4 Å². The van der Waals surface area contributed by atoms with E-state index in [1.54, 1.807) is 23.7 Å². The van der Waals surface area contributed by atoms with Crippen molar-refractivity contribution >= 4 is 11.3 Å². The standard InChI is InChI=1S/C22H24O4S/c23-18-10-17(13-21(6-7-21)11-16-4-9-27-14-16)26-20(24)19(18)22(5-1-8-25-22)12-15-2-3-15/h1,4,8-10,14-15,23H,2-3,5-7,11-13H2. The van der Waals surface area contributed by atoms with Gasteiger partial charge in [-0.25, -0.2) is 4.79 Å².